The van der Waals surface area contributed by atoms with E-state index >= 15 is 0 Å². The Morgan fingerprint density at radius 3 is 2.34 bits per heavy atom. The Hall–Kier alpha value is -3.60. The molecule has 3 aromatic carbocycles. The van der Waals surface area contributed by atoms with Gasteiger partial charge in [-0.15, -0.1) is 0 Å². The highest BCUT2D eigenvalue weighted by molar-refractivity contribution is 5.96. The predicted molar refractivity (Wildman–Crippen MR) is 116 cm³/mol. The minimum atomic E-state index is 0.128. The van der Waals surface area contributed by atoms with E-state index in [0.717, 1.165) is 41.8 Å². The van der Waals surface area contributed by atoms with Crippen molar-refractivity contribution in [2.75, 3.05) is 18.4 Å². The molecular formula is C24H23N3O2. The standard InChI is InChI=1S/C24H23N3O2/c28-23(19-9-13-22(14-10-19)29-21-4-2-1-3-5-21)15-8-18-6-11-20(12-7-18)27-24-25-16-17-26-24/h1-7,9-14H,8,15-17H2,(H2,25,26,27). The first-order chi connectivity index (χ1) is 14.3. The Kier molecular flexibility index (Phi) is 5.86. The molecule has 0 bridgehead atoms. The van der Waals surface area contributed by atoms with Crippen LogP contribution in [0.1, 0.15) is 22.3 Å². The van der Waals surface area contributed by atoms with Crippen LogP contribution in [0, 0.1) is 0 Å². The van der Waals surface area contributed by atoms with Gasteiger partial charge >= 0.3 is 0 Å². The molecule has 1 aliphatic heterocycles. The van der Waals surface area contributed by atoms with Gasteiger partial charge in [-0.25, -0.2) is 0 Å². The van der Waals surface area contributed by atoms with Crippen molar-refractivity contribution >= 4 is 17.4 Å². The van der Waals surface area contributed by atoms with Gasteiger partial charge in [0, 0.05) is 24.2 Å². The number of carbonyl (C=O) groups is 1. The molecule has 2 N–H and O–H groups in total. The minimum absolute atomic E-state index is 0.128. The van der Waals surface area contributed by atoms with Gasteiger partial charge in [0.15, 0.2) is 11.7 Å². The smallest absolute Gasteiger partial charge is 0.195 e. The number of anilines is 1. The van der Waals surface area contributed by atoms with Crippen LogP contribution in [-0.4, -0.2) is 24.8 Å². The average Bonchev–Trinajstić information content (AvgIpc) is 3.27. The number of guanidine groups is 1. The van der Waals surface area contributed by atoms with Crippen LogP contribution in [0.25, 0.3) is 0 Å². The molecule has 0 aliphatic carbocycles. The largest absolute Gasteiger partial charge is 0.457 e. The number of nitrogens with one attached hydrogen (secondary N) is 2. The molecule has 4 rings (SSSR count). The molecule has 29 heavy (non-hydrogen) atoms. The summed E-state index contributed by atoms with van der Waals surface area (Å²) < 4.78 is 5.77. The monoisotopic (exact) mass is 385 g/mol. The Morgan fingerprint density at radius 1 is 0.931 bits per heavy atom. The maximum atomic E-state index is 12.5. The molecule has 0 fully saturated rings. The number of ether oxygens (including phenoxy) is 1. The van der Waals surface area contributed by atoms with E-state index in [2.05, 4.69) is 15.6 Å². The highest BCUT2D eigenvalue weighted by Crippen LogP contribution is 2.22. The first kappa shape index (κ1) is 18.7. The number of hydrogen-bond acceptors (Lipinski definition) is 5. The number of para-hydroxylation sites is 1. The lowest BCUT2D eigenvalue weighted by atomic mass is 10.0. The summed E-state index contributed by atoms with van der Waals surface area (Å²) in [7, 11) is 0. The van der Waals surface area contributed by atoms with E-state index in [1.807, 2.05) is 78.9 Å². The minimum Gasteiger partial charge on any atom is -0.457 e. The summed E-state index contributed by atoms with van der Waals surface area (Å²) in [6, 6.07) is 25.0. The van der Waals surface area contributed by atoms with Crippen LogP contribution in [0.2, 0.25) is 0 Å². The van der Waals surface area contributed by atoms with Gasteiger partial charge in [0.1, 0.15) is 11.5 Å². The summed E-state index contributed by atoms with van der Waals surface area (Å²) in [5, 5.41) is 6.42. The third-order valence-corrected chi connectivity index (χ3v) is 4.69. The zero-order valence-electron chi connectivity index (χ0n) is 16.1. The third kappa shape index (κ3) is 5.23. The van der Waals surface area contributed by atoms with E-state index in [1.165, 1.54) is 0 Å². The molecule has 0 unspecified atom stereocenters. The summed E-state index contributed by atoms with van der Waals surface area (Å²) in [6.45, 7) is 1.68. The second kappa shape index (κ2) is 9.06. The molecule has 5 heteroatoms. The van der Waals surface area contributed by atoms with E-state index < -0.39 is 0 Å². The van der Waals surface area contributed by atoms with E-state index in [4.69, 9.17) is 4.74 Å². The highest BCUT2D eigenvalue weighted by atomic mass is 16.5. The van der Waals surface area contributed by atoms with Crippen molar-refractivity contribution in [2.45, 2.75) is 12.8 Å². The summed E-state index contributed by atoms with van der Waals surface area (Å²) in [6.07, 6.45) is 1.18. The highest BCUT2D eigenvalue weighted by Gasteiger charge is 2.08. The number of aryl methyl sites for hydroxylation is 1. The number of Topliss-reactive ketones (excluding diaryl/α,β-unsaturated/α-hetero) is 1. The van der Waals surface area contributed by atoms with E-state index in [0.29, 0.717) is 18.4 Å². The van der Waals surface area contributed by atoms with Gasteiger partial charge in [-0.3, -0.25) is 9.79 Å². The van der Waals surface area contributed by atoms with Crippen LogP contribution in [0.5, 0.6) is 11.5 Å². The number of nitrogens with zero attached hydrogens (tertiary/aromatic N) is 1. The summed E-state index contributed by atoms with van der Waals surface area (Å²) in [4.78, 5) is 16.8. The fourth-order valence-corrected chi connectivity index (χ4v) is 3.11. The van der Waals surface area contributed by atoms with Gasteiger partial charge in [0.2, 0.25) is 0 Å². The molecule has 3 aromatic rings. The van der Waals surface area contributed by atoms with Crippen molar-refractivity contribution in [1.82, 2.24) is 5.32 Å². The Labute approximate surface area is 170 Å². The Balaban J connectivity index is 1.29. The molecular weight excluding hydrogens is 362 g/mol. The molecule has 1 aliphatic rings. The summed E-state index contributed by atoms with van der Waals surface area (Å²) in [5.74, 6) is 2.44. The number of carbonyl (C=O) groups excluding carboxylic acids is 1. The SMILES string of the molecule is O=C(CCc1ccc(NC2=NCCN2)cc1)c1ccc(Oc2ccccc2)cc1. The Bertz CT molecular complexity index is 981. The van der Waals surface area contributed by atoms with Crippen molar-refractivity contribution in [3.63, 3.8) is 0 Å². The lowest BCUT2D eigenvalue weighted by molar-refractivity contribution is 0.0983. The normalized spacial score (nSPS) is 12.8. The maximum absolute atomic E-state index is 12.5. The first-order valence-electron chi connectivity index (χ1n) is 9.77. The van der Waals surface area contributed by atoms with E-state index in [9.17, 15) is 4.79 Å². The van der Waals surface area contributed by atoms with Crippen molar-refractivity contribution in [2.24, 2.45) is 4.99 Å². The quantitative estimate of drug-likeness (QED) is 0.581. The van der Waals surface area contributed by atoms with Gasteiger partial charge < -0.3 is 15.4 Å². The molecule has 0 saturated carbocycles. The lowest BCUT2D eigenvalue weighted by Gasteiger charge is -2.08. The zero-order valence-corrected chi connectivity index (χ0v) is 16.1. The average molecular weight is 385 g/mol. The van der Waals surface area contributed by atoms with Gasteiger partial charge in [-0.1, -0.05) is 30.3 Å². The van der Waals surface area contributed by atoms with Crippen LogP contribution in [0.4, 0.5) is 5.69 Å². The molecule has 0 aromatic heterocycles. The van der Waals surface area contributed by atoms with E-state index in [1.54, 1.807) is 0 Å². The number of aliphatic imine (C=N–C) groups is 1. The van der Waals surface area contributed by atoms with Crippen LogP contribution in [0.15, 0.2) is 83.9 Å². The van der Waals surface area contributed by atoms with Gasteiger partial charge in [-0.05, 0) is 60.5 Å². The number of benzene rings is 3. The van der Waals surface area contributed by atoms with Crippen molar-refractivity contribution in [1.29, 1.82) is 0 Å². The van der Waals surface area contributed by atoms with Gasteiger partial charge in [0.05, 0.1) is 6.54 Å². The van der Waals surface area contributed by atoms with Crippen LogP contribution in [0.3, 0.4) is 0 Å². The third-order valence-electron chi connectivity index (χ3n) is 4.69. The number of ketones is 1. The van der Waals surface area contributed by atoms with Crippen LogP contribution >= 0.6 is 0 Å². The molecule has 0 atom stereocenters. The fraction of sp³-hybridized carbons (Fsp3) is 0.167. The van der Waals surface area contributed by atoms with Gasteiger partial charge in [0.25, 0.3) is 0 Å². The molecule has 146 valence electrons. The van der Waals surface area contributed by atoms with Crippen LogP contribution in [-0.2, 0) is 6.42 Å². The predicted octanol–water partition coefficient (Wildman–Crippen LogP) is 4.67. The zero-order chi connectivity index (χ0) is 19.9. The van der Waals surface area contributed by atoms with Crippen molar-refractivity contribution in [3.05, 3.63) is 90.0 Å². The number of rotatable bonds is 7. The second-order valence-electron chi connectivity index (χ2n) is 6.84. The first-order valence-corrected chi connectivity index (χ1v) is 9.77. The summed E-state index contributed by atoms with van der Waals surface area (Å²) in [5.41, 5.74) is 2.82. The van der Waals surface area contributed by atoms with Crippen molar-refractivity contribution < 1.29 is 9.53 Å². The summed E-state index contributed by atoms with van der Waals surface area (Å²) >= 11 is 0. The van der Waals surface area contributed by atoms with E-state index in [-0.39, 0.29) is 5.78 Å². The maximum Gasteiger partial charge on any atom is 0.195 e. The molecule has 0 radical (unpaired) electrons. The lowest BCUT2D eigenvalue weighted by Crippen LogP contribution is -2.26. The van der Waals surface area contributed by atoms with Crippen molar-refractivity contribution in [3.8, 4) is 11.5 Å². The Morgan fingerprint density at radius 2 is 1.66 bits per heavy atom. The van der Waals surface area contributed by atoms with Gasteiger partial charge in [-0.2, -0.15) is 0 Å². The molecule has 0 amide bonds. The fourth-order valence-electron chi connectivity index (χ4n) is 3.11. The van der Waals surface area contributed by atoms with Crippen LogP contribution < -0.4 is 15.4 Å². The molecule has 5 nitrogen and oxygen atoms in total. The molecule has 1 heterocycles. The molecule has 0 spiro atoms. The second-order valence-corrected chi connectivity index (χ2v) is 6.84. The molecule has 0 saturated heterocycles. The topological polar surface area (TPSA) is 62.7 Å². The number of hydrogen-bond donors (Lipinski definition) is 2.